The summed E-state index contributed by atoms with van der Waals surface area (Å²) in [7, 11) is 0. The summed E-state index contributed by atoms with van der Waals surface area (Å²) in [6, 6.07) is 11.5. The number of nitrogens with zero attached hydrogens (tertiary/aromatic N) is 1. The molecule has 1 N–H and O–H groups in total. The fourth-order valence-corrected chi connectivity index (χ4v) is 3.86. The summed E-state index contributed by atoms with van der Waals surface area (Å²) in [6.07, 6.45) is 2.27. The molecule has 7 nitrogen and oxygen atoms in total. The summed E-state index contributed by atoms with van der Waals surface area (Å²) in [5, 5.41) is 2.87. The van der Waals surface area contributed by atoms with Crippen LogP contribution in [0.25, 0.3) is 0 Å². The lowest BCUT2D eigenvalue weighted by atomic mass is 10.0. The van der Waals surface area contributed by atoms with Gasteiger partial charge in [0.05, 0.1) is 6.61 Å². The Bertz CT molecular complexity index is 959. The lowest BCUT2D eigenvalue weighted by molar-refractivity contribution is -0.131. The molecule has 0 aliphatic carbocycles. The van der Waals surface area contributed by atoms with Crippen LogP contribution in [0.4, 0.5) is 5.69 Å². The SMILES string of the molecule is CCN(Cc1cccc2c1OCCO2)C(=O)CCCOc1ccc2c(c1)CCC(=O)N2. The Morgan fingerprint density at radius 1 is 1.16 bits per heavy atom. The van der Waals surface area contributed by atoms with E-state index in [2.05, 4.69) is 5.32 Å². The van der Waals surface area contributed by atoms with Gasteiger partial charge in [-0.15, -0.1) is 0 Å². The van der Waals surface area contributed by atoms with Gasteiger partial charge in [-0.1, -0.05) is 12.1 Å². The Kier molecular flexibility index (Phi) is 6.60. The highest BCUT2D eigenvalue weighted by Gasteiger charge is 2.20. The number of fused-ring (bicyclic) bond motifs is 2. The van der Waals surface area contributed by atoms with Gasteiger partial charge in [0.2, 0.25) is 11.8 Å². The number of aryl methyl sites for hydroxylation is 1. The maximum absolute atomic E-state index is 12.7. The Morgan fingerprint density at radius 2 is 2.03 bits per heavy atom. The molecule has 0 saturated heterocycles. The monoisotopic (exact) mass is 424 g/mol. The van der Waals surface area contributed by atoms with Crippen LogP contribution in [0.15, 0.2) is 36.4 Å². The van der Waals surface area contributed by atoms with Gasteiger partial charge in [0.25, 0.3) is 0 Å². The molecule has 164 valence electrons. The summed E-state index contributed by atoms with van der Waals surface area (Å²) in [5.74, 6) is 2.39. The maximum Gasteiger partial charge on any atom is 0.224 e. The van der Waals surface area contributed by atoms with E-state index < -0.39 is 0 Å². The third-order valence-corrected chi connectivity index (χ3v) is 5.52. The number of carbonyl (C=O) groups excluding carboxylic acids is 2. The first kappa shape index (κ1) is 21.0. The van der Waals surface area contributed by atoms with Gasteiger partial charge in [-0.05, 0) is 49.6 Å². The van der Waals surface area contributed by atoms with E-state index in [0.29, 0.717) is 52.2 Å². The average Bonchev–Trinajstić information content (AvgIpc) is 2.80. The normalized spacial score (nSPS) is 14.4. The molecular formula is C24H28N2O5. The fraction of sp³-hybridized carbons (Fsp3) is 0.417. The number of amides is 2. The van der Waals surface area contributed by atoms with E-state index in [1.165, 1.54) is 0 Å². The Labute approximate surface area is 182 Å². The first-order valence-corrected chi connectivity index (χ1v) is 10.8. The minimum atomic E-state index is 0.0512. The van der Waals surface area contributed by atoms with Gasteiger partial charge in [0.15, 0.2) is 11.5 Å². The van der Waals surface area contributed by atoms with Crippen molar-refractivity contribution < 1.29 is 23.8 Å². The number of rotatable bonds is 8. The van der Waals surface area contributed by atoms with Crippen LogP contribution in [0.3, 0.4) is 0 Å². The molecular weight excluding hydrogens is 396 g/mol. The lowest BCUT2D eigenvalue weighted by Crippen LogP contribution is -2.31. The zero-order chi connectivity index (χ0) is 21.6. The molecule has 0 radical (unpaired) electrons. The second kappa shape index (κ2) is 9.73. The molecule has 0 fully saturated rings. The second-order valence-electron chi connectivity index (χ2n) is 7.67. The van der Waals surface area contributed by atoms with Crippen molar-refractivity contribution in [1.29, 1.82) is 0 Å². The Hall–Kier alpha value is -3.22. The zero-order valence-corrected chi connectivity index (χ0v) is 17.8. The summed E-state index contributed by atoms with van der Waals surface area (Å²) >= 11 is 0. The third-order valence-electron chi connectivity index (χ3n) is 5.52. The number of carbonyl (C=O) groups is 2. The molecule has 0 bridgehead atoms. The fourth-order valence-electron chi connectivity index (χ4n) is 3.86. The standard InChI is InChI=1S/C24H28N2O5/c1-2-26(16-18-5-3-6-21-24(18)31-14-13-30-21)23(28)7-4-12-29-19-9-10-20-17(15-19)8-11-22(27)25-20/h3,5-6,9-10,15H,2,4,7-8,11-14,16H2,1H3,(H,25,27). The molecule has 0 saturated carbocycles. The van der Waals surface area contributed by atoms with Crippen molar-refractivity contribution >= 4 is 17.5 Å². The van der Waals surface area contributed by atoms with Crippen molar-refractivity contribution in [2.24, 2.45) is 0 Å². The molecule has 2 aliphatic rings. The molecule has 2 aliphatic heterocycles. The first-order valence-electron chi connectivity index (χ1n) is 10.8. The predicted molar refractivity (Wildman–Crippen MR) is 117 cm³/mol. The number of benzene rings is 2. The van der Waals surface area contributed by atoms with Crippen molar-refractivity contribution in [2.45, 2.75) is 39.2 Å². The van der Waals surface area contributed by atoms with Crippen molar-refractivity contribution in [2.75, 3.05) is 31.7 Å². The van der Waals surface area contributed by atoms with E-state index in [9.17, 15) is 9.59 Å². The number of ether oxygens (including phenoxy) is 3. The van der Waals surface area contributed by atoms with Gasteiger partial charge in [-0.3, -0.25) is 9.59 Å². The van der Waals surface area contributed by atoms with E-state index in [-0.39, 0.29) is 11.8 Å². The van der Waals surface area contributed by atoms with Gasteiger partial charge >= 0.3 is 0 Å². The molecule has 2 aromatic carbocycles. The number of para-hydroxylation sites is 1. The zero-order valence-electron chi connectivity index (χ0n) is 17.8. The lowest BCUT2D eigenvalue weighted by Gasteiger charge is -2.25. The van der Waals surface area contributed by atoms with Crippen LogP contribution in [0.1, 0.15) is 37.3 Å². The van der Waals surface area contributed by atoms with Gasteiger partial charge in [-0.25, -0.2) is 0 Å². The molecule has 0 atom stereocenters. The minimum absolute atomic E-state index is 0.0512. The molecule has 0 spiro atoms. The summed E-state index contributed by atoms with van der Waals surface area (Å²) < 4.78 is 17.2. The van der Waals surface area contributed by atoms with Gasteiger partial charge in [0.1, 0.15) is 19.0 Å². The molecule has 7 heteroatoms. The number of hydrogen-bond acceptors (Lipinski definition) is 5. The van der Waals surface area contributed by atoms with Crippen molar-refractivity contribution in [3.05, 3.63) is 47.5 Å². The number of anilines is 1. The quantitative estimate of drug-likeness (QED) is 0.656. The summed E-state index contributed by atoms with van der Waals surface area (Å²) in [6.45, 7) is 4.64. The maximum atomic E-state index is 12.7. The van der Waals surface area contributed by atoms with Gasteiger partial charge in [-0.2, -0.15) is 0 Å². The smallest absolute Gasteiger partial charge is 0.224 e. The minimum Gasteiger partial charge on any atom is -0.494 e. The highest BCUT2D eigenvalue weighted by atomic mass is 16.6. The third kappa shape index (κ3) is 5.10. The van der Waals surface area contributed by atoms with Crippen LogP contribution < -0.4 is 19.5 Å². The van der Waals surface area contributed by atoms with Crippen LogP contribution in [0.5, 0.6) is 17.2 Å². The largest absolute Gasteiger partial charge is 0.494 e. The van der Waals surface area contributed by atoms with Crippen molar-refractivity contribution in [3.63, 3.8) is 0 Å². The van der Waals surface area contributed by atoms with E-state index >= 15 is 0 Å². The molecule has 0 aromatic heterocycles. The number of hydrogen-bond donors (Lipinski definition) is 1. The summed E-state index contributed by atoms with van der Waals surface area (Å²) in [5.41, 5.74) is 2.90. The molecule has 2 amide bonds. The van der Waals surface area contributed by atoms with Crippen LogP contribution in [0, 0.1) is 0 Å². The first-order chi connectivity index (χ1) is 15.1. The van der Waals surface area contributed by atoms with Crippen molar-refractivity contribution in [1.82, 2.24) is 4.90 Å². The van der Waals surface area contributed by atoms with Gasteiger partial charge in [0, 0.05) is 37.2 Å². The van der Waals surface area contributed by atoms with Gasteiger partial charge < -0.3 is 24.4 Å². The van der Waals surface area contributed by atoms with E-state index in [0.717, 1.165) is 40.5 Å². The molecule has 0 unspecified atom stereocenters. The van der Waals surface area contributed by atoms with Crippen LogP contribution in [0.2, 0.25) is 0 Å². The highest BCUT2D eigenvalue weighted by molar-refractivity contribution is 5.94. The Morgan fingerprint density at radius 3 is 2.90 bits per heavy atom. The molecule has 4 rings (SSSR count). The number of nitrogens with one attached hydrogen (secondary N) is 1. The molecule has 31 heavy (non-hydrogen) atoms. The van der Waals surface area contributed by atoms with Crippen molar-refractivity contribution in [3.8, 4) is 17.2 Å². The highest BCUT2D eigenvalue weighted by Crippen LogP contribution is 2.34. The Balaban J connectivity index is 1.27. The molecule has 2 heterocycles. The van der Waals surface area contributed by atoms with E-state index in [1.54, 1.807) is 0 Å². The van der Waals surface area contributed by atoms with Crippen LogP contribution in [-0.4, -0.2) is 43.1 Å². The topological polar surface area (TPSA) is 77.1 Å². The van der Waals surface area contributed by atoms with Crippen LogP contribution >= 0.6 is 0 Å². The van der Waals surface area contributed by atoms with E-state index in [4.69, 9.17) is 14.2 Å². The molecule has 2 aromatic rings. The average molecular weight is 424 g/mol. The second-order valence-corrected chi connectivity index (χ2v) is 7.67. The van der Waals surface area contributed by atoms with E-state index in [1.807, 2.05) is 48.2 Å². The summed E-state index contributed by atoms with van der Waals surface area (Å²) in [4.78, 5) is 26.0. The predicted octanol–water partition coefficient (Wildman–Crippen LogP) is 3.55. The van der Waals surface area contributed by atoms with Crippen LogP contribution in [-0.2, 0) is 22.6 Å².